The lowest BCUT2D eigenvalue weighted by Gasteiger charge is -2.06. The summed E-state index contributed by atoms with van der Waals surface area (Å²) in [5, 5.41) is 22.2. The summed E-state index contributed by atoms with van der Waals surface area (Å²) in [5.74, 6) is -1.30. The topological polar surface area (TPSA) is 141 Å². The number of nitrogens with one attached hydrogen (secondary N) is 3. The quantitative estimate of drug-likeness (QED) is 0.341. The van der Waals surface area contributed by atoms with E-state index < -0.39 is 11.9 Å². The molecule has 0 unspecified atom stereocenters. The summed E-state index contributed by atoms with van der Waals surface area (Å²) < 4.78 is 5.52. The van der Waals surface area contributed by atoms with Crippen molar-refractivity contribution in [1.29, 1.82) is 5.41 Å². The van der Waals surface area contributed by atoms with E-state index in [-0.39, 0.29) is 18.1 Å². The zero-order valence-corrected chi connectivity index (χ0v) is 13.6. The lowest BCUT2D eigenvalue weighted by molar-refractivity contribution is -0.134. The van der Waals surface area contributed by atoms with Crippen LogP contribution in [0.2, 0.25) is 0 Å². The van der Waals surface area contributed by atoms with Crippen molar-refractivity contribution in [3.8, 4) is 0 Å². The Morgan fingerprint density at radius 2 is 1.77 bits per heavy atom. The summed E-state index contributed by atoms with van der Waals surface area (Å²) in [6.45, 7) is -0.188. The first-order chi connectivity index (χ1) is 12.4. The van der Waals surface area contributed by atoms with Gasteiger partial charge in [-0.15, -0.1) is 0 Å². The fraction of sp³-hybridized carbons (Fsp3) is 0.0556. The van der Waals surface area contributed by atoms with Gasteiger partial charge in [0.05, 0.1) is 0 Å². The second-order valence-corrected chi connectivity index (χ2v) is 5.56. The molecular weight excluding hydrogens is 336 g/mol. The van der Waals surface area contributed by atoms with Gasteiger partial charge in [0.2, 0.25) is 0 Å². The van der Waals surface area contributed by atoms with Gasteiger partial charge >= 0.3 is 5.97 Å². The van der Waals surface area contributed by atoms with Crippen LogP contribution in [0.5, 0.6) is 0 Å². The summed E-state index contributed by atoms with van der Waals surface area (Å²) in [4.78, 5) is 22.9. The molecule has 3 aromatic rings. The number of carboxylic acid groups (broad SMARTS) is 1. The van der Waals surface area contributed by atoms with Crippen LogP contribution in [-0.2, 0) is 4.79 Å². The third-order valence-electron chi connectivity index (χ3n) is 3.64. The van der Waals surface area contributed by atoms with Crippen molar-refractivity contribution >= 4 is 40.1 Å². The van der Waals surface area contributed by atoms with Crippen LogP contribution in [-0.4, -0.2) is 29.4 Å². The Kier molecular flexibility index (Phi) is 4.57. The van der Waals surface area contributed by atoms with Crippen molar-refractivity contribution in [2.45, 2.75) is 0 Å². The van der Waals surface area contributed by atoms with Crippen molar-refractivity contribution in [2.24, 2.45) is 5.73 Å². The number of fused-ring (bicyclic) bond motifs is 1. The highest BCUT2D eigenvalue weighted by Gasteiger charge is 2.13. The molecule has 0 aliphatic heterocycles. The molecule has 8 nitrogen and oxygen atoms in total. The van der Waals surface area contributed by atoms with Crippen LogP contribution in [0.1, 0.15) is 16.1 Å². The van der Waals surface area contributed by atoms with E-state index in [2.05, 4.69) is 10.6 Å². The van der Waals surface area contributed by atoms with Gasteiger partial charge in [-0.2, -0.15) is 0 Å². The molecule has 0 saturated carbocycles. The second-order valence-electron chi connectivity index (χ2n) is 5.56. The maximum absolute atomic E-state index is 12.3. The number of amides is 1. The van der Waals surface area contributed by atoms with Crippen molar-refractivity contribution < 1.29 is 19.1 Å². The highest BCUT2D eigenvalue weighted by atomic mass is 16.4. The molecule has 0 aliphatic carbocycles. The number of carboxylic acids is 1. The molecule has 0 bridgehead atoms. The molecule has 0 spiro atoms. The lowest BCUT2D eigenvalue weighted by atomic mass is 10.1. The molecule has 6 N–H and O–H groups in total. The van der Waals surface area contributed by atoms with Gasteiger partial charge in [-0.1, -0.05) is 0 Å². The van der Waals surface area contributed by atoms with Crippen LogP contribution in [0.4, 0.5) is 11.4 Å². The largest absolute Gasteiger partial charge is 0.480 e. The minimum Gasteiger partial charge on any atom is -0.480 e. The van der Waals surface area contributed by atoms with Crippen molar-refractivity contribution in [3.05, 3.63) is 59.9 Å². The summed E-state index contributed by atoms with van der Waals surface area (Å²) in [6.07, 6.45) is 0. The zero-order chi connectivity index (χ0) is 18.7. The van der Waals surface area contributed by atoms with E-state index in [1.54, 1.807) is 48.5 Å². The highest BCUT2D eigenvalue weighted by molar-refractivity contribution is 6.05. The van der Waals surface area contributed by atoms with E-state index >= 15 is 0 Å². The zero-order valence-electron chi connectivity index (χ0n) is 13.6. The monoisotopic (exact) mass is 352 g/mol. The molecule has 26 heavy (non-hydrogen) atoms. The predicted molar refractivity (Wildman–Crippen MR) is 97.8 cm³/mol. The molecule has 8 heteroatoms. The van der Waals surface area contributed by atoms with Crippen LogP contribution in [0.15, 0.2) is 52.9 Å². The number of furan rings is 1. The van der Waals surface area contributed by atoms with E-state index in [9.17, 15) is 9.59 Å². The number of carbonyl (C=O) groups is 2. The van der Waals surface area contributed by atoms with E-state index in [1.165, 1.54) is 0 Å². The predicted octanol–water partition coefficient (Wildman–Crippen LogP) is 2.47. The number of aliphatic carboxylic acids is 1. The molecule has 132 valence electrons. The number of anilines is 2. The van der Waals surface area contributed by atoms with Crippen LogP contribution in [0.3, 0.4) is 0 Å². The summed E-state index contributed by atoms with van der Waals surface area (Å²) in [6, 6.07) is 13.2. The number of nitrogens with two attached hydrogens (primary N) is 1. The molecule has 0 atom stereocenters. The molecule has 1 amide bonds. The Balaban J connectivity index is 1.72. The number of carbonyl (C=O) groups excluding carboxylic acids is 1. The maximum atomic E-state index is 12.3. The third kappa shape index (κ3) is 3.81. The first kappa shape index (κ1) is 17.0. The van der Waals surface area contributed by atoms with Crippen LogP contribution >= 0.6 is 0 Å². The molecule has 0 saturated heterocycles. The number of benzene rings is 2. The van der Waals surface area contributed by atoms with Gasteiger partial charge < -0.3 is 25.9 Å². The minimum absolute atomic E-state index is 0.0595. The number of amidine groups is 1. The van der Waals surface area contributed by atoms with E-state index in [0.717, 1.165) is 0 Å². The number of hydrogen-bond donors (Lipinski definition) is 5. The Labute approximate surface area is 148 Å². The Morgan fingerprint density at radius 3 is 2.42 bits per heavy atom. The second kappa shape index (κ2) is 6.98. The molecule has 0 aliphatic rings. The van der Waals surface area contributed by atoms with E-state index in [4.69, 9.17) is 20.7 Å². The Morgan fingerprint density at radius 1 is 1.08 bits per heavy atom. The van der Waals surface area contributed by atoms with Crippen molar-refractivity contribution in [2.75, 3.05) is 17.2 Å². The normalized spacial score (nSPS) is 10.5. The summed E-state index contributed by atoms with van der Waals surface area (Å²) in [5.41, 5.74) is 7.70. The summed E-state index contributed by atoms with van der Waals surface area (Å²) in [7, 11) is 0. The lowest BCUT2D eigenvalue weighted by Crippen LogP contribution is -2.13. The van der Waals surface area contributed by atoms with Gasteiger partial charge in [-0.3, -0.25) is 15.0 Å². The maximum Gasteiger partial charge on any atom is 0.322 e. The Hall–Kier alpha value is -3.81. The van der Waals surface area contributed by atoms with Crippen molar-refractivity contribution in [3.63, 3.8) is 0 Å². The van der Waals surface area contributed by atoms with Gasteiger partial charge in [-0.05, 0) is 48.5 Å². The number of rotatable bonds is 6. The molecule has 0 fully saturated rings. The SMILES string of the molecule is N=C(N)c1ccc2oc(C(=O)Nc3ccc(NCC(=O)O)cc3)cc2c1. The molecule has 1 aromatic heterocycles. The number of nitrogen functional groups attached to an aromatic ring is 1. The fourth-order valence-electron chi connectivity index (χ4n) is 2.36. The van der Waals surface area contributed by atoms with Gasteiger partial charge in [0, 0.05) is 22.3 Å². The van der Waals surface area contributed by atoms with Gasteiger partial charge in [0.25, 0.3) is 5.91 Å². The molecule has 0 radical (unpaired) electrons. The first-order valence-electron chi connectivity index (χ1n) is 7.67. The smallest absolute Gasteiger partial charge is 0.322 e. The van der Waals surface area contributed by atoms with E-state index in [1.807, 2.05) is 0 Å². The van der Waals surface area contributed by atoms with Crippen LogP contribution in [0, 0.1) is 5.41 Å². The minimum atomic E-state index is -0.958. The van der Waals surface area contributed by atoms with E-state index in [0.29, 0.717) is 27.9 Å². The van der Waals surface area contributed by atoms with Crippen molar-refractivity contribution in [1.82, 2.24) is 0 Å². The average Bonchev–Trinajstić information content (AvgIpc) is 3.04. The molecule has 2 aromatic carbocycles. The van der Waals surface area contributed by atoms with Gasteiger partial charge in [0.1, 0.15) is 18.0 Å². The highest BCUT2D eigenvalue weighted by Crippen LogP contribution is 2.22. The van der Waals surface area contributed by atoms with Crippen LogP contribution in [0.25, 0.3) is 11.0 Å². The van der Waals surface area contributed by atoms with Gasteiger partial charge in [-0.25, -0.2) is 0 Å². The fourth-order valence-corrected chi connectivity index (χ4v) is 2.36. The van der Waals surface area contributed by atoms with Gasteiger partial charge in [0.15, 0.2) is 5.76 Å². The molecular formula is C18H16N4O4. The average molecular weight is 352 g/mol. The molecule has 1 heterocycles. The molecule has 3 rings (SSSR count). The third-order valence-corrected chi connectivity index (χ3v) is 3.64. The number of hydrogen-bond acceptors (Lipinski definition) is 5. The standard InChI is InChI=1S/C18H16N4O4/c19-17(20)10-1-6-14-11(7-10)8-15(26-14)18(25)22-13-4-2-12(3-5-13)21-9-16(23)24/h1-8,21H,9H2,(H3,19,20)(H,22,25)(H,23,24). The summed E-state index contributed by atoms with van der Waals surface area (Å²) >= 11 is 0. The Bertz CT molecular complexity index is 992. The first-order valence-corrected chi connectivity index (χ1v) is 7.67. The van der Waals surface area contributed by atoms with Crippen LogP contribution < -0.4 is 16.4 Å².